The summed E-state index contributed by atoms with van der Waals surface area (Å²) in [6, 6.07) is 2.23. The van der Waals surface area contributed by atoms with Crippen LogP contribution >= 0.6 is 0 Å². The van der Waals surface area contributed by atoms with E-state index in [0.717, 1.165) is 42.9 Å². The second-order valence-corrected chi connectivity index (χ2v) is 5.06. The van der Waals surface area contributed by atoms with Crippen LogP contribution in [0.2, 0.25) is 0 Å². The molecular weight excluding hydrogens is 226 g/mol. The number of hydrogen-bond acceptors (Lipinski definition) is 2. The van der Waals surface area contributed by atoms with E-state index in [-0.39, 0.29) is 11.9 Å². The van der Waals surface area contributed by atoms with Gasteiger partial charge in [-0.1, -0.05) is 0 Å². The fraction of sp³-hybridized carbons (Fsp3) is 0.643. The SMILES string of the molecule is CCn1c(C)cc(C(=O)N2CCC[C@@H]2CN)c1C. The minimum absolute atomic E-state index is 0.149. The zero-order valence-corrected chi connectivity index (χ0v) is 11.6. The molecule has 1 aliphatic heterocycles. The van der Waals surface area contributed by atoms with Crippen molar-refractivity contribution in [3.8, 4) is 0 Å². The summed E-state index contributed by atoms with van der Waals surface area (Å²) in [5.74, 6) is 0.149. The zero-order valence-electron chi connectivity index (χ0n) is 11.6. The van der Waals surface area contributed by atoms with Gasteiger partial charge in [-0.15, -0.1) is 0 Å². The number of nitrogens with zero attached hydrogens (tertiary/aromatic N) is 2. The van der Waals surface area contributed by atoms with E-state index in [2.05, 4.69) is 18.4 Å². The number of amides is 1. The number of carbonyl (C=O) groups excluding carboxylic acids is 1. The van der Waals surface area contributed by atoms with Gasteiger partial charge in [0, 0.05) is 37.1 Å². The lowest BCUT2D eigenvalue weighted by atomic mass is 10.2. The first-order chi connectivity index (χ1) is 8.60. The smallest absolute Gasteiger partial charge is 0.255 e. The number of likely N-dealkylation sites (tertiary alicyclic amines) is 1. The number of aryl methyl sites for hydroxylation is 1. The molecular formula is C14H23N3O. The molecule has 0 unspecified atom stereocenters. The number of nitrogens with two attached hydrogens (primary N) is 1. The summed E-state index contributed by atoms with van der Waals surface area (Å²) in [5.41, 5.74) is 8.81. The summed E-state index contributed by atoms with van der Waals surface area (Å²) in [5, 5.41) is 0. The van der Waals surface area contributed by atoms with E-state index in [9.17, 15) is 4.79 Å². The molecule has 1 amide bonds. The number of rotatable bonds is 3. The first kappa shape index (κ1) is 13.1. The Labute approximate surface area is 109 Å². The molecule has 1 aliphatic rings. The highest BCUT2D eigenvalue weighted by Gasteiger charge is 2.30. The number of hydrogen-bond donors (Lipinski definition) is 1. The molecule has 2 rings (SSSR count). The second-order valence-electron chi connectivity index (χ2n) is 5.06. The van der Waals surface area contributed by atoms with Crippen LogP contribution < -0.4 is 5.73 Å². The molecule has 2 heterocycles. The zero-order chi connectivity index (χ0) is 13.3. The van der Waals surface area contributed by atoms with Gasteiger partial charge >= 0.3 is 0 Å². The van der Waals surface area contributed by atoms with E-state index >= 15 is 0 Å². The van der Waals surface area contributed by atoms with Gasteiger partial charge in [0.15, 0.2) is 0 Å². The van der Waals surface area contributed by atoms with E-state index in [0.29, 0.717) is 6.54 Å². The van der Waals surface area contributed by atoms with Crippen LogP contribution in [0.25, 0.3) is 0 Å². The van der Waals surface area contributed by atoms with Gasteiger partial charge in [0.25, 0.3) is 5.91 Å². The van der Waals surface area contributed by atoms with Crippen molar-refractivity contribution in [2.24, 2.45) is 5.73 Å². The first-order valence-corrected chi connectivity index (χ1v) is 6.77. The van der Waals surface area contributed by atoms with Gasteiger partial charge in [-0.05, 0) is 39.7 Å². The number of carbonyl (C=O) groups is 1. The summed E-state index contributed by atoms with van der Waals surface area (Å²) in [6.07, 6.45) is 2.11. The fourth-order valence-electron chi connectivity index (χ4n) is 3.01. The Kier molecular flexibility index (Phi) is 3.76. The lowest BCUT2D eigenvalue weighted by Crippen LogP contribution is -2.40. The highest BCUT2D eigenvalue weighted by molar-refractivity contribution is 5.96. The molecule has 0 bridgehead atoms. The predicted octanol–water partition coefficient (Wildman–Crippen LogP) is 1.69. The lowest BCUT2D eigenvalue weighted by molar-refractivity contribution is 0.0740. The molecule has 100 valence electrons. The molecule has 1 saturated heterocycles. The van der Waals surface area contributed by atoms with Crippen molar-refractivity contribution in [3.63, 3.8) is 0 Å². The van der Waals surface area contributed by atoms with E-state index in [1.807, 2.05) is 17.9 Å². The van der Waals surface area contributed by atoms with Crippen LogP contribution in [0, 0.1) is 13.8 Å². The van der Waals surface area contributed by atoms with Crippen LogP contribution in [0.1, 0.15) is 41.5 Å². The Hall–Kier alpha value is -1.29. The molecule has 4 nitrogen and oxygen atoms in total. The van der Waals surface area contributed by atoms with Gasteiger partial charge in [-0.3, -0.25) is 4.79 Å². The fourth-order valence-corrected chi connectivity index (χ4v) is 3.01. The van der Waals surface area contributed by atoms with E-state index < -0.39 is 0 Å². The maximum Gasteiger partial charge on any atom is 0.255 e. The van der Waals surface area contributed by atoms with Crippen LogP contribution in [0.15, 0.2) is 6.07 Å². The van der Waals surface area contributed by atoms with Crippen LogP contribution in [0.3, 0.4) is 0 Å². The van der Waals surface area contributed by atoms with Gasteiger partial charge in [0.05, 0.1) is 5.56 Å². The lowest BCUT2D eigenvalue weighted by Gasteiger charge is -2.23. The molecule has 2 N–H and O–H groups in total. The highest BCUT2D eigenvalue weighted by Crippen LogP contribution is 2.23. The van der Waals surface area contributed by atoms with E-state index in [4.69, 9.17) is 5.73 Å². The third kappa shape index (κ3) is 2.05. The molecule has 18 heavy (non-hydrogen) atoms. The Balaban J connectivity index is 2.29. The van der Waals surface area contributed by atoms with Crippen LogP contribution in [0.4, 0.5) is 0 Å². The van der Waals surface area contributed by atoms with E-state index in [1.54, 1.807) is 0 Å². The summed E-state index contributed by atoms with van der Waals surface area (Å²) in [7, 11) is 0. The van der Waals surface area contributed by atoms with Crippen molar-refractivity contribution in [2.45, 2.75) is 46.2 Å². The minimum Gasteiger partial charge on any atom is -0.349 e. The summed E-state index contributed by atoms with van der Waals surface area (Å²) >= 11 is 0. The average molecular weight is 249 g/mol. The topological polar surface area (TPSA) is 51.3 Å². The van der Waals surface area contributed by atoms with Gasteiger partial charge in [-0.25, -0.2) is 0 Å². The monoisotopic (exact) mass is 249 g/mol. The summed E-state index contributed by atoms with van der Waals surface area (Å²) in [6.45, 7) is 8.50. The third-order valence-electron chi connectivity index (χ3n) is 4.03. The van der Waals surface area contributed by atoms with Crippen molar-refractivity contribution in [3.05, 3.63) is 23.0 Å². The van der Waals surface area contributed by atoms with Gasteiger partial charge in [0.1, 0.15) is 0 Å². The summed E-state index contributed by atoms with van der Waals surface area (Å²) in [4.78, 5) is 14.5. The molecule has 0 radical (unpaired) electrons. The molecule has 1 atom stereocenters. The Morgan fingerprint density at radius 2 is 2.22 bits per heavy atom. The summed E-state index contributed by atoms with van der Waals surface area (Å²) < 4.78 is 2.18. The van der Waals surface area contributed by atoms with Crippen molar-refractivity contribution < 1.29 is 4.79 Å². The molecule has 1 fully saturated rings. The normalized spacial score (nSPS) is 19.6. The Morgan fingerprint density at radius 3 is 2.78 bits per heavy atom. The molecule has 0 aromatic carbocycles. The van der Waals surface area contributed by atoms with Crippen LogP contribution in [0.5, 0.6) is 0 Å². The van der Waals surface area contributed by atoms with Gasteiger partial charge < -0.3 is 15.2 Å². The maximum atomic E-state index is 12.6. The van der Waals surface area contributed by atoms with Crippen molar-refractivity contribution in [2.75, 3.05) is 13.1 Å². The Morgan fingerprint density at radius 1 is 1.50 bits per heavy atom. The molecule has 0 aliphatic carbocycles. The predicted molar refractivity (Wildman–Crippen MR) is 72.7 cm³/mol. The first-order valence-electron chi connectivity index (χ1n) is 6.77. The van der Waals surface area contributed by atoms with Crippen molar-refractivity contribution in [1.82, 2.24) is 9.47 Å². The third-order valence-corrected chi connectivity index (χ3v) is 4.03. The van der Waals surface area contributed by atoms with E-state index in [1.165, 1.54) is 0 Å². The van der Waals surface area contributed by atoms with Crippen molar-refractivity contribution in [1.29, 1.82) is 0 Å². The quantitative estimate of drug-likeness (QED) is 0.886. The van der Waals surface area contributed by atoms with Crippen molar-refractivity contribution >= 4 is 5.91 Å². The molecule has 1 aromatic rings. The minimum atomic E-state index is 0.149. The van der Waals surface area contributed by atoms with Crippen LogP contribution in [-0.2, 0) is 6.54 Å². The second kappa shape index (κ2) is 5.14. The molecule has 4 heteroatoms. The maximum absolute atomic E-state index is 12.6. The Bertz CT molecular complexity index is 450. The molecule has 0 saturated carbocycles. The van der Waals surface area contributed by atoms with Gasteiger partial charge in [-0.2, -0.15) is 0 Å². The largest absolute Gasteiger partial charge is 0.349 e. The average Bonchev–Trinajstić information content (AvgIpc) is 2.93. The van der Waals surface area contributed by atoms with Gasteiger partial charge in [0.2, 0.25) is 0 Å². The molecule has 1 aromatic heterocycles. The van der Waals surface area contributed by atoms with Crippen LogP contribution in [-0.4, -0.2) is 34.5 Å². The standard InChI is InChI=1S/C14H23N3O/c1-4-16-10(2)8-13(11(16)3)14(18)17-7-5-6-12(17)9-15/h8,12H,4-7,9,15H2,1-3H3/t12-/m1/s1. The highest BCUT2D eigenvalue weighted by atomic mass is 16.2. The molecule has 0 spiro atoms. The number of aromatic nitrogens is 1.